The Labute approximate surface area is 126 Å². The Morgan fingerprint density at radius 2 is 1.67 bits per heavy atom. The normalized spacial score (nSPS) is 32.8. The van der Waals surface area contributed by atoms with Gasteiger partial charge in [-0.1, -0.05) is 6.92 Å². The second kappa shape index (κ2) is 7.75. The largest absolute Gasteiger partial charge is 0.459 e. The SMILES string of the molecule is CCC1C(OC(C)=O)C(C)OC(NC(C)C)C1OC(C)=O. The predicted molar refractivity (Wildman–Crippen MR) is 77.5 cm³/mol. The summed E-state index contributed by atoms with van der Waals surface area (Å²) in [4.78, 5) is 22.7. The maximum Gasteiger partial charge on any atom is 0.303 e. The van der Waals surface area contributed by atoms with Crippen molar-refractivity contribution in [3.8, 4) is 0 Å². The van der Waals surface area contributed by atoms with Gasteiger partial charge in [0.05, 0.1) is 6.10 Å². The molecule has 0 bridgehead atoms. The van der Waals surface area contributed by atoms with E-state index >= 15 is 0 Å². The van der Waals surface area contributed by atoms with Crippen LogP contribution in [0.1, 0.15) is 48.0 Å². The molecule has 0 aromatic rings. The van der Waals surface area contributed by atoms with E-state index in [1.807, 2.05) is 27.7 Å². The minimum absolute atomic E-state index is 0.0993. The number of ether oxygens (including phenoxy) is 3. The van der Waals surface area contributed by atoms with Crippen molar-refractivity contribution in [2.24, 2.45) is 5.92 Å². The van der Waals surface area contributed by atoms with E-state index in [9.17, 15) is 9.59 Å². The number of hydrogen-bond acceptors (Lipinski definition) is 6. The molecule has 0 aromatic carbocycles. The molecule has 122 valence electrons. The first-order valence-corrected chi connectivity index (χ1v) is 7.52. The van der Waals surface area contributed by atoms with Gasteiger partial charge in [0.25, 0.3) is 0 Å². The first-order valence-electron chi connectivity index (χ1n) is 7.52. The summed E-state index contributed by atoms with van der Waals surface area (Å²) in [5.74, 6) is -0.822. The molecule has 0 spiro atoms. The Morgan fingerprint density at radius 1 is 1.14 bits per heavy atom. The van der Waals surface area contributed by atoms with Crippen LogP contribution in [0.2, 0.25) is 0 Å². The van der Waals surface area contributed by atoms with Crippen molar-refractivity contribution in [2.75, 3.05) is 0 Å². The van der Waals surface area contributed by atoms with E-state index in [1.54, 1.807) is 0 Å². The Morgan fingerprint density at radius 3 is 2.10 bits per heavy atom. The smallest absolute Gasteiger partial charge is 0.303 e. The summed E-state index contributed by atoms with van der Waals surface area (Å²) in [6.07, 6.45) is -0.833. The molecule has 0 aromatic heterocycles. The lowest BCUT2D eigenvalue weighted by Gasteiger charge is -2.45. The molecule has 0 saturated carbocycles. The number of rotatable bonds is 5. The van der Waals surface area contributed by atoms with Crippen LogP contribution in [0, 0.1) is 5.92 Å². The summed E-state index contributed by atoms with van der Waals surface area (Å²) >= 11 is 0. The van der Waals surface area contributed by atoms with Crippen LogP contribution >= 0.6 is 0 Å². The van der Waals surface area contributed by atoms with E-state index in [4.69, 9.17) is 14.2 Å². The minimum Gasteiger partial charge on any atom is -0.459 e. The molecule has 1 heterocycles. The molecular weight excluding hydrogens is 274 g/mol. The highest BCUT2D eigenvalue weighted by molar-refractivity contribution is 5.67. The molecule has 0 amide bonds. The third kappa shape index (κ3) is 4.97. The zero-order chi connectivity index (χ0) is 16.2. The maximum atomic E-state index is 11.4. The van der Waals surface area contributed by atoms with Crippen LogP contribution < -0.4 is 5.32 Å². The Kier molecular flexibility index (Phi) is 6.61. The Balaban J connectivity index is 2.99. The molecular formula is C15H27NO5. The number of carbonyl (C=O) groups is 2. The van der Waals surface area contributed by atoms with Gasteiger partial charge in [-0.15, -0.1) is 0 Å². The highest BCUT2D eigenvalue weighted by Crippen LogP contribution is 2.32. The van der Waals surface area contributed by atoms with Gasteiger partial charge in [-0.2, -0.15) is 0 Å². The fourth-order valence-electron chi connectivity index (χ4n) is 2.79. The topological polar surface area (TPSA) is 73.9 Å². The molecule has 1 fully saturated rings. The van der Waals surface area contributed by atoms with Gasteiger partial charge in [0.15, 0.2) is 0 Å². The molecule has 6 heteroatoms. The zero-order valence-electron chi connectivity index (χ0n) is 13.7. The average Bonchev–Trinajstić information content (AvgIpc) is 2.33. The van der Waals surface area contributed by atoms with Gasteiger partial charge in [0, 0.05) is 25.8 Å². The number of nitrogens with one attached hydrogen (secondary N) is 1. The van der Waals surface area contributed by atoms with Crippen LogP contribution in [0.4, 0.5) is 0 Å². The van der Waals surface area contributed by atoms with Gasteiger partial charge < -0.3 is 14.2 Å². The summed E-state index contributed by atoms with van der Waals surface area (Å²) in [6, 6.07) is 0.183. The number of carbonyl (C=O) groups excluding carboxylic acids is 2. The lowest BCUT2D eigenvalue weighted by Crippen LogP contribution is -2.61. The quantitative estimate of drug-likeness (QED) is 0.778. The number of hydrogen-bond donors (Lipinski definition) is 1. The van der Waals surface area contributed by atoms with Crippen LogP contribution in [0.3, 0.4) is 0 Å². The van der Waals surface area contributed by atoms with Gasteiger partial charge in [0.2, 0.25) is 0 Å². The van der Waals surface area contributed by atoms with Gasteiger partial charge >= 0.3 is 11.9 Å². The van der Waals surface area contributed by atoms with E-state index in [2.05, 4.69) is 5.32 Å². The van der Waals surface area contributed by atoms with Gasteiger partial charge in [-0.05, 0) is 27.2 Å². The highest BCUT2D eigenvalue weighted by Gasteiger charge is 2.47. The van der Waals surface area contributed by atoms with Crippen LogP contribution in [0.5, 0.6) is 0 Å². The Hall–Kier alpha value is -1.14. The van der Waals surface area contributed by atoms with Gasteiger partial charge in [0.1, 0.15) is 18.4 Å². The monoisotopic (exact) mass is 301 g/mol. The zero-order valence-corrected chi connectivity index (χ0v) is 13.7. The first kappa shape index (κ1) is 17.9. The van der Waals surface area contributed by atoms with Crippen molar-refractivity contribution in [1.82, 2.24) is 5.32 Å². The van der Waals surface area contributed by atoms with Crippen LogP contribution in [0.15, 0.2) is 0 Å². The summed E-state index contributed by atoms with van der Waals surface area (Å²) < 4.78 is 16.7. The van der Waals surface area contributed by atoms with E-state index in [1.165, 1.54) is 13.8 Å². The van der Waals surface area contributed by atoms with Crippen LogP contribution in [0.25, 0.3) is 0 Å². The van der Waals surface area contributed by atoms with E-state index in [0.29, 0.717) is 0 Å². The molecule has 1 saturated heterocycles. The molecule has 5 atom stereocenters. The highest BCUT2D eigenvalue weighted by atomic mass is 16.6. The minimum atomic E-state index is -0.476. The van der Waals surface area contributed by atoms with Gasteiger partial charge in [-0.3, -0.25) is 14.9 Å². The maximum absolute atomic E-state index is 11.4. The third-order valence-electron chi connectivity index (χ3n) is 3.54. The van der Waals surface area contributed by atoms with E-state index in [-0.39, 0.29) is 30.0 Å². The van der Waals surface area contributed by atoms with E-state index < -0.39 is 18.4 Å². The molecule has 1 N–H and O–H groups in total. The summed E-state index contributed by atoms with van der Waals surface area (Å²) in [5.41, 5.74) is 0. The molecule has 21 heavy (non-hydrogen) atoms. The summed E-state index contributed by atoms with van der Waals surface area (Å²) in [7, 11) is 0. The molecule has 1 aliphatic rings. The fraction of sp³-hybridized carbons (Fsp3) is 0.867. The Bertz CT molecular complexity index is 371. The molecule has 0 aliphatic carbocycles. The van der Waals surface area contributed by atoms with Crippen molar-refractivity contribution in [3.05, 3.63) is 0 Å². The first-order chi connectivity index (χ1) is 9.76. The fourth-order valence-corrected chi connectivity index (χ4v) is 2.79. The third-order valence-corrected chi connectivity index (χ3v) is 3.54. The molecule has 0 radical (unpaired) electrons. The molecule has 6 nitrogen and oxygen atoms in total. The van der Waals surface area contributed by atoms with Crippen molar-refractivity contribution >= 4 is 11.9 Å². The van der Waals surface area contributed by atoms with Crippen molar-refractivity contribution in [2.45, 2.75) is 78.5 Å². The molecule has 1 rings (SSSR count). The number of esters is 2. The molecule has 5 unspecified atom stereocenters. The van der Waals surface area contributed by atoms with Crippen LogP contribution in [-0.2, 0) is 23.8 Å². The second-order valence-electron chi connectivity index (χ2n) is 5.80. The lowest BCUT2D eigenvalue weighted by atomic mass is 9.86. The van der Waals surface area contributed by atoms with Crippen molar-refractivity contribution in [3.63, 3.8) is 0 Å². The predicted octanol–water partition coefficient (Wildman–Crippen LogP) is 1.62. The average molecular weight is 301 g/mol. The van der Waals surface area contributed by atoms with Gasteiger partial charge in [-0.25, -0.2) is 0 Å². The van der Waals surface area contributed by atoms with E-state index in [0.717, 1.165) is 6.42 Å². The standard InChI is InChI=1S/C15H27NO5/c1-7-12-13(20-10(5)17)9(4)19-15(16-8(2)3)14(12)21-11(6)18/h8-9,12-16H,7H2,1-6H3. The van der Waals surface area contributed by atoms with Crippen molar-refractivity contribution in [1.29, 1.82) is 0 Å². The van der Waals surface area contributed by atoms with Crippen molar-refractivity contribution < 1.29 is 23.8 Å². The summed E-state index contributed by atoms with van der Waals surface area (Å²) in [6.45, 7) is 10.6. The lowest BCUT2D eigenvalue weighted by molar-refractivity contribution is -0.228. The molecule has 1 aliphatic heterocycles. The summed E-state index contributed by atoms with van der Waals surface area (Å²) in [5, 5.41) is 3.27. The van der Waals surface area contributed by atoms with Crippen LogP contribution in [-0.4, -0.2) is 42.5 Å². The second-order valence-corrected chi connectivity index (χ2v) is 5.80.